The van der Waals surface area contributed by atoms with E-state index < -0.39 is 297 Å². The van der Waals surface area contributed by atoms with Gasteiger partial charge in [-0.1, -0.05) is 0 Å². The Balaban J connectivity index is 1.10. The van der Waals surface area contributed by atoms with Gasteiger partial charge in [0.05, 0.1) is 58.4 Å². The molecule has 7 rings (SSSR count). The van der Waals surface area contributed by atoms with Crippen molar-refractivity contribution in [2.45, 2.75) is 248 Å². The Morgan fingerprint density at radius 3 is 1.31 bits per heavy atom. The van der Waals surface area contributed by atoms with E-state index in [1.807, 2.05) is 0 Å². The molecule has 0 bridgehead atoms. The number of nitrogens with one attached hydrogen (secondary N) is 3. The Kier molecular flexibility index (Phi) is 27.2. The molecule has 0 radical (unpaired) electrons. The third kappa shape index (κ3) is 16.8. The van der Waals surface area contributed by atoms with Crippen LogP contribution in [0.5, 0.6) is 0 Å². The number of hydrogen-bond donors (Lipinski definition) is 25. The number of carbonyl (C=O) groups excluding carboxylic acids is 3. The van der Waals surface area contributed by atoms with Crippen molar-refractivity contribution in [1.29, 1.82) is 0 Å². The fourth-order valence-corrected chi connectivity index (χ4v) is 11.8. The topological polar surface area (TPSA) is 669 Å². The van der Waals surface area contributed by atoms with E-state index in [1.165, 1.54) is 0 Å². The number of aliphatic hydroxyl groups excluding tert-OH is 21. The molecular formula is C51H85N3O39. The van der Waals surface area contributed by atoms with Crippen LogP contribution in [0.4, 0.5) is 0 Å². The third-order valence-electron chi connectivity index (χ3n) is 16.7. The van der Waals surface area contributed by atoms with Crippen molar-refractivity contribution < 1.29 is 193 Å². The van der Waals surface area contributed by atoms with Crippen molar-refractivity contribution in [2.24, 2.45) is 0 Å². The van der Waals surface area contributed by atoms with Gasteiger partial charge >= 0.3 is 5.97 Å². The molecule has 7 aliphatic heterocycles. The molecule has 42 nitrogen and oxygen atoms in total. The molecule has 42 heteroatoms. The lowest BCUT2D eigenvalue weighted by Gasteiger charge is -2.51. The lowest BCUT2D eigenvalue weighted by Crippen LogP contribution is -2.71. The van der Waals surface area contributed by atoms with E-state index in [9.17, 15) is 132 Å². The van der Waals surface area contributed by atoms with Gasteiger partial charge in [-0.05, 0) is 0 Å². The summed E-state index contributed by atoms with van der Waals surface area (Å²) in [7, 11) is 0. The number of amides is 3. The van der Waals surface area contributed by atoms with Gasteiger partial charge in [-0.2, -0.15) is 0 Å². The zero-order valence-corrected chi connectivity index (χ0v) is 49.6. The summed E-state index contributed by atoms with van der Waals surface area (Å²) in [5.41, 5.74) is 0. The van der Waals surface area contributed by atoms with Crippen LogP contribution >= 0.6 is 0 Å². The number of ether oxygens (including phenoxy) is 13. The lowest BCUT2D eigenvalue weighted by molar-refractivity contribution is -0.386. The average Bonchev–Trinajstić information content (AvgIpc) is 0.778. The second-order valence-corrected chi connectivity index (χ2v) is 23.2. The van der Waals surface area contributed by atoms with Gasteiger partial charge in [0, 0.05) is 27.2 Å². The molecule has 7 aliphatic rings. The van der Waals surface area contributed by atoms with Crippen molar-refractivity contribution in [1.82, 2.24) is 16.0 Å². The minimum Gasteiger partial charge on any atom is -0.477 e. The van der Waals surface area contributed by atoms with E-state index >= 15 is 0 Å². The number of hydrogen-bond acceptors (Lipinski definition) is 38. The van der Waals surface area contributed by atoms with E-state index in [-0.39, 0.29) is 0 Å². The molecule has 3 amide bonds. The summed E-state index contributed by atoms with van der Waals surface area (Å²) in [6.07, 6.45) is -66.7. The molecule has 0 aliphatic carbocycles. The summed E-state index contributed by atoms with van der Waals surface area (Å²) in [4.78, 5) is 50.6. The van der Waals surface area contributed by atoms with Crippen LogP contribution in [0.3, 0.4) is 0 Å². The summed E-state index contributed by atoms with van der Waals surface area (Å²) in [6.45, 7) is -4.76. The van der Waals surface area contributed by atoms with Gasteiger partial charge in [0.1, 0.15) is 165 Å². The average molecular weight is 1360 g/mol. The van der Waals surface area contributed by atoms with Gasteiger partial charge < -0.3 is 190 Å². The number of aliphatic carboxylic acids is 1. The zero-order chi connectivity index (χ0) is 69.0. The fourth-order valence-electron chi connectivity index (χ4n) is 11.8. The van der Waals surface area contributed by atoms with Crippen LogP contribution in [0.1, 0.15) is 27.2 Å². The molecule has 7 saturated heterocycles. The molecule has 0 aromatic rings. The quantitative estimate of drug-likeness (QED) is 0.0404. The molecule has 0 aromatic carbocycles. The summed E-state index contributed by atoms with van der Waals surface area (Å²) in [5, 5.41) is 245. The summed E-state index contributed by atoms with van der Waals surface area (Å²) in [6, 6.07) is -5.44. The molecule has 7 fully saturated rings. The summed E-state index contributed by atoms with van der Waals surface area (Å²) in [5.74, 6) is -7.71. The lowest BCUT2D eigenvalue weighted by atomic mass is 9.88. The molecule has 25 N–H and O–H groups in total. The number of carboxylic acid groups (broad SMARTS) is 1. The Labute approximate surface area is 525 Å². The molecule has 7 heterocycles. The fraction of sp³-hybridized carbons (Fsp3) is 0.922. The first kappa shape index (κ1) is 76.9. The SMILES string of the molecule is CC(=O)N[C@H]1[C@H](O[C@H]2[C@@H](O)[C@@H](CO)O[C@@H](O[C@H]3[C@H](O)[C@@H](CO)O[C@@H](O[C@H]4[C@@H](O)[C@@H](CO)O[C@@H](O[C@H]5[C@H](O)[C@@H](O)[C@H](O)O[C@@H]5CO)[C@@H]4O)[C@@H]3NC(C)=O)[C@@H]2O)O[C@H](CO)[C@@H](O[C@@H]2O[C@H](CO[C@]3(C(=O)O)C[C@H](O)[C@@H](NC(C)=O)[C@H]([C@H](O)[C@H](O)CO)O3)[C@H](O)[C@H](O)[C@H]2O)[C@@H]1O. The monoisotopic (exact) mass is 1360 g/mol. The highest BCUT2D eigenvalue weighted by Gasteiger charge is 2.61. The number of carbonyl (C=O) groups is 4. The Morgan fingerprint density at radius 1 is 0.430 bits per heavy atom. The first-order valence-corrected chi connectivity index (χ1v) is 29.2. The van der Waals surface area contributed by atoms with Crippen molar-refractivity contribution in [3.8, 4) is 0 Å². The first-order valence-electron chi connectivity index (χ1n) is 29.2. The minimum atomic E-state index is -3.02. The Morgan fingerprint density at radius 2 is 0.828 bits per heavy atom. The maximum absolute atomic E-state index is 12.9. The van der Waals surface area contributed by atoms with Crippen molar-refractivity contribution in [3.05, 3.63) is 0 Å². The van der Waals surface area contributed by atoms with Gasteiger partial charge in [-0.25, -0.2) is 4.79 Å². The van der Waals surface area contributed by atoms with E-state index in [0.29, 0.717) is 0 Å². The van der Waals surface area contributed by atoms with Crippen LogP contribution in [0, 0.1) is 0 Å². The van der Waals surface area contributed by atoms with Gasteiger partial charge in [-0.3, -0.25) is 14.4 Å². The molecule has 0 aromatic heterocycles. The molecule has 93 heavy (non-hydrogen) atoms. The normalized spacial score (nSPS) is 47.2. The molecule has 0 unspecified atom stereocenters. The molecule has 0 saturated carbocycles. The number of aliphatic hydroxyl groups is 21. The van der Waals surface area contributed by atoms with Crippen LogP contribution in [0.15, 0.2) is 0 Å². The van der Waals surface area contributed by atoms with Crippen LogP contribution in [0.25, 0.3) is 0 Å². The maximum Gasteiger partial charge on any atom is 0.364 e. The molecular weight excluding hydrogens is 1280 g/mol. The van der Waals surface area contributed by atoms with Crippen LogP contribution in [-0.4, -0.2) is 403 Å². The van der Waals surface area contributed by atoms with Gasteiger partial charge in [0.25, 0.3) is 5.79 Å². The van der Waals surface area contributed by atoms with Crippen molar-refractivity contribution >= 4 is 23.7 Å². The Hall–Kier alpha value is -3.48. The van der Waals surface area contributed by atoms with E-state index in [2.05, 4.69) is 16.0 Å². The molecule has 0 spiro atoms. The second kappa shape index (κ2) is 32.9. The van der Waals surface area contributed by atoms with Gasteiger partial charge in [-0.15, -0.1) is 0 Å². The van der Waals surface area contributed by atoms with Crippen molar-refractivity contribution in [3.63, 3.8) is 0 Å². The summed E-state index contributed by atoms with van der Waals surface area (Å²) < 4.78 is 74.5. The van der Waals surface area contributed by atoms with Gasteiger partial charge in [0.2, 0.25) is 17.7 Å². The van der Waals surface area contributed by atoms with Crippen LogP contribution < -0.4 is 16.0 Å². The van der Waals surface area contributed by atoms with Crippen LogP contribution in [0.2, 0.25) is 0 Å². The van der Waals surface area contributed by atoms with Crippen molar-refractivity contribution in [2.75, 3.05) is 46.2 Å². The highest BCUT2D eigenvalue weighted by Crippen LogP contribution is 2.39. The standard InChI is InChI=1S/C51H85N3O39/c1-12(61)52-23-15(64)4-51(50(79)80,93-41(23)26(66)16(65)5-55)81-11-22-27(67)32(72)35(75)47(87-22)88-38-21(10-60)86-45(24(31(38)71)53-13(2)62)91-42-29(69)19(8-58)85-49(37(42)77)90-40-25(54-14(3)63)46(83-17(6-56)28(40)68)92-43-30(70)18(7-57)84-48(36(43)76)89-39-20(9-59)82-44(78)34(74)33(39)73/h15-49,55-60,64-78H,4-11H2,1-3H3,(H,52,61)(H,53,62)(H,54,63)(H,79,80)/t15-,16+,17+,18+,19+,20+,21+,22+,23+,24+,25+,26+,27-,28+,29-,30-,31+,32-,33+,34+,35+,36+,37+,38+,39+,40+,41+,42-,43-,44+,45-,46-,47-,48-,49-,51+/m0/s1. The predicted molar refractivity (Wildman–Crippen MR) is 284 cm³/mol. The minimum absolute atomic E-state index is 0.808. The van der Waals surface area contributed by atoms with E-state index in [0.717, 1.165) is 20.8 Å². The predicted octanol–water partition coefficient (Wildman–Crippen LogP) is -16.6. The Bertz CT molecular complexity index is 2420. The first-order chi connectivity index (χ1) is 43.8. The molecule has 36 atom stereocenters. The van der Waals surface area contributed by atoms with E-state index in [1.54, 1.807) is 0 Å². The molecule has 538 valence electrons. The van der Waals surface area contributed by atoms with Crippen LogP contribution in [-0.2, 0) is 80.8 Å². The smallest absolute Gasteiger partial charge is 0.364 e. The van der Waals surface area contributed by atoms with E-state index in [4.69, 9.17) is 61.6 Å². The zero-order valence-electron chi connectivity index (χ0n) is 49.6. The third-order valence-corrected chi connectivity index (χ3v) is 16.7. The largest absolute Gasteiger partial charge is 0.477 e. The summed E-state index contributed by atoms with van der Waals surface area (Å²) >= 11 is 0. The highest BCUT2D eigenvalue weighted by atomic mass is 16.8. The highest BCUT2D eigenvalue weighted by molar-refractivity contribution is 5.77. The second-order valence-electron chi connectivity index (χ2n) is 23.2. The van der Waals surface area contributed by atoms with Gasteiger partial charge in [0.15, 0.2) is 37.7 Å². The number of rotatable bonds is 25. The maximum atomic E-state index is 12.9. The number of carboxylic acids is 1.